The number of furan rings is 1. The maximum Gasteiger partial charge on any atom is 0.422 e. The first kappa shape index (κ1) is 28.5. The minimum absolute atomic E-state index is 0.00147. The molecule has 4 aromatic heterocycles. The molecule has 0 aliphatic rings. The summed E-state index contributed by atoms with van der Waals surface area (Å²) in [4.78, 5) is 58.7. The molecule has 2 aromatic carbocycles. The van der Waals surface area contributed by atoms with Gasteiger partial charge < -0.3 is 23.8 Å². The number of hydrogen-bond acceptors (Lipinski definition) is 7. The molecule has 6 rings (SSSR count). The molecule has 0 bridgehead atoms. The van der Waals surface area contributed by atoms with Crippen LogP contribution in [0, 0.1) is 18.6 Å². The number of pyridine rings is 1. The van der Waals surface area contributed by atoms with Gasteiger partial charge in [0.05, 0.1) is 45.6 Å². The number of aryl methyl sites for hydroxylation is 1. The number of nitrogens with one attached hydrogen (secondary N) is 1. The van der Waals surface area contributed by atoms with Gasteiger partial charge in [-0.3, -0.25) is 9.59 Å². The van der Waals surface area contributed by atoms with E-state index < -0.39 is 52.7 Å². The van der Waals surface area contributed by atoms with Crippen LogP contribution in [0.25, 0.3) is 43.9 Å². The Morgan fingerprint density at radius 2 is 1.84 bits per heavy atom. The molecule has 13 heteroatoms. The molecule has 0 radical (unpaired) electrons. The van der Waals surface area contributed by atoms with E-state index in [1.807, 2.05) is 0 Å². The fourth-order valence-corrected chi connectivity index (χ4v) is 5.35. The van der Waals surface area contributed by atoms with Gasteiger partial charge in [0.15, 0.2) is 0 Å². The van der Waals surface area contributed by atoms with Crippen LogP contribution in [-0.2, 0) is 11.3 Å². The molecule has 6 aromatic rings. The highest BCUT2D eigenvalue weighted by Gasteiger charge is 2.30. The summed E-state index contributed by atoms with van der Waals surface area (Å²) in [5.41, 5.74) is -3.07. The van der Waals surface area contributed by atoms with E-state index in [9.17, 15) is 24.3 Å². The summed E-state index contributed by atoms with van der Waals surface area (Å²) in [6.45, 7) is 5.79. The van der Waals surface area contributed by atoms with E-state index in [-0.39, 0.29) is 55.3 Å². The fraction of sp³-hybridized carbons (Fsp3) is 0.194. The van der Waals surface area contributed by atoms with Gasteiger partial charge in [-0.25, -0.2) is 23.4 Å². The summed E-state index contributed by atoms with van der Waals surface area (Å²) >= 11 is 0. The third-order valence-corrected chi connectivity index (χ3v) is 7.12. The molecule has 0 fully saturated rings. The summed E-state index contributed by atoms with van der Waals surface area (Å²) in [6, 6.07) is 7.52. The van der Waals surface area contributed by atoms with Crippen molar-refractivity contribution in [2.75, 3.05) is 0 Å². The van der Waals surface area contributed by atoms with Crippen molar-refractivity contribution in [3.8, 4) is 11.1 Å². The van der Waals surface area contributed by atoms with Crippen molar-refractivity contribution < 1.29 is 32.6 Å². The Hall–Kier alpha value is -5.59. The first-order valence-corrected chi connectivity index (χ1v) is 13.3. The molecule has 0 spiro atoms. The molecule has 11 nitrogen and oxygen atoms in total. The number of aromatic nitrogens is 4. The second-order valence-electron chi connectivity index (χ2n) is 11.2. The Morgan fingerprint density at radius 1 is 1.09 bits per heavy atom. The van der Waals surface area contributed by atoms with Gasteiger partial charge >= 0.3 is 12.1 Å². The smallest absolute Gasteiger partial charge is 0.422 e. The van der Waals surface area contributed by atoms with E-state index in [1.165, 1.54) is 37.6 Å². The van der Waals surface area contributed by atoms with Crippen LogP contribution in [0.1, 0.15) is 42.6 Å². The lowest BCUT2D eigenvalue weighted by Gasteiger charge is -2.20. The summed E-state index contributed by atoms with van der Waals surface area (Å²) in [5, 5.41) is 10.5. The number of hydrogen-bond donors (Lipinski definition) is 2. The molecular weight excluding hydrogens is 578 g/mol. The maximum absolute atomic E-state index is 15.6. The van der Waals surface area contributed by atoms with Crippen LogP contribution in [0.15, 0.2) is 62.9 Å². The van der Waals surface area contributed by atoms with Crippen LogP contribution in [0.5, 0.6) is 0 Å². The zero-order valence-electron chi connectivity index (χ0n) is 23.8. The number of benzene rings is 2. The van der Waals surface area contributed by atoms with Gasteiger partial charge in [-0.2, -0.15) is 4.57 Å². The average molecular weight is 603 g/mol. The third kappa shape index (κ3) is 4.53. The number of carboxylic acid groups (broad SMARTS) is 1. The number of halogens is 2. The van der Waals surface area contributed by atoms with E-state index in [2.05, 4.69) is 9.97 Å². The van der Waals surface area contributed by atoms with Crippen molar-refractivity contribution in [3.05, 3.63) is 98.3 Å². The van der Waals surface area contributed by atoms with E-state index in [4.69, 9.17) is 9.15 Å². The SMILES string of the molecule is Cc1nc2cc(F)c(Cn3c(C(=O)O)c(-c4ccc[nH]c4=O)c4c5occc5c(F)cc43)cc2c(=O)n1C(=O)OC(C)(C)C. The molecule has 0 aliphatic carbocycles. The Morgan fingerprint density at radius 3 is 2.52 bits per heavy atom. The van der Waals surface area contributed by atoms with Crippen molar-refractivity contribution in [2.45, 2.75) is 39.8 Å². The molecule has 0 amide bonds. The van der Waals surface area contributed by atoms with Crippen LogP contribution < -0.4 is 11.1 Å². The highest BCUT2D eigenvalue weighted by molar-refractivity contribution is 6.17. The van der Waals surface area contributed by atoms with E-state index in [0.717, 1.165) is 27.3 Å². The van der Waals surface area contributed by atoms with Crippen LogP contribution in [0.2, 0.25) is 0 Å². The molecule has 0 unspecified atom stereocenters. The van der Waals surface area contributed by atoms with Crippen molar-refractivity contribution in [1.29, 1.82) is 0 Å². The topological polar surface area (TPSA) is 149 Å². The minimum Gasteiger partial charge on any atom is -0.477 e. The van der Waals surface area contributed by atoms with Gasteiger partial charge in [-0.05, 0) is 58.0 Å². The summed E-state index contributed by atoms with van der Waals surface area (Å²) in [7, 11) is 0. The lowest BCUT2D eigenvalue weighted by Crippen LogP contribution is -2.35. The summed E-state index contributed by atoms with van der Waals surface area (Å²) < 4.78 is 43.6. The Bertz CT molecular complexity index is 2300. The second-order valence-corrected chi connectivity index (χ2v) is 11.2. The number of nitrogens with zero attached hydrogens (tertiary/aromatic N) is 3. The lowest BCUT2D eigenvalue weighted by molar-refractivity contribution is 0.0525. The second kappa shape index (κ2) is 10.0. The third-order valence-electron chi connectivity index (χ3n) is 7.12. The number of fused-ring (bicyclic) bond motifs is 4. The van der Waals surface area contributed by atoms with Crippen LogP contribution in [0.3, 0.4) is 0 Å². The van der Waals surface area contributed by atoms with Gasteiger partial charge in [0.1, 0.15) is 34.3 Å². The first-order valence-electron chi connectivity index (χ1n) is 13.3. The predicted octanol–water partition coefficient (Wildman–Crippen LogP) is 5.57. The van der Waals surface area contributed by atoms with Gasteiger partial charge in [-0.15, -0.1) is 0 Å². The average Bonchev–Trinajstić information content (AvgIpc) is 3.53. The van der Waals surface area contributed by atoms with Crippen molar-refractivity contribution in [3.63, 3.8) is 0 Å². The predicted molar refractivity (Wildman–Crippen MR) is 156 cm³/mol. The molecular formula is C31H24F2N4O7. The molecule has 44 heavy (non-hydrogen) atoms. The number of H-pyrrole nitrogens is 1. The van der Waals surface area contributed by atoms with Gasteiger partial charge in [0, 0.05) is 23.4 Å². The standard InChI is InChI=1S/C31H24F2N4O7/c1-14-35-21-11-19(32)15(10-18(21)28(39)37(14)30(42)44-31(2,3)4)13-36-22-12-20(33)16-7-9-43-26(16)24(22)23(25(36)29(40)41)17-6-5-8-34-27(17)38/h5-12H,13H2,1-4H3,(H,34,38)(H,40,41). The molecule has 0 atom stereocenters. The molecule has 0 aliphatic heterocycles. The zero-order valence-corrected chi connectivity index (χ0v) is 23.8. The molecule has 0 saturated carbocycles. The number of carboxylic acids is 1. The van der Waals surface area contributed by atoms with E-state index in [1.54, 1.807) is 20.8 Å². The van der Waals surface area contributed by atoms with Gasteiger partial charge in [0.2, 0.25) is 0 Å². The van der Waals surface area contributed by atoms with Crippen LogP contribution in [0.4, 0.5) is 13.6 Å². The minimum atomic E-state index is -1.48. The first-order chi connectivity index (χ1) is 20.8. The van der Waals surface area contributed by atoms with Crippen LogP contribution in [-0.4, -0.2) is 41.9 Å². The quantitative estimate of drug-likeness (QED) is 0.266. The molecule has 224 valence electrons. The highest BCUT2D eigenvalue weighted by Crippen LogP contribution is 2.40. The van der Waals surface area contributed by atoms with Crippen LogP contribution >= 0.6 is 0 Å². The number of ether oxygens (including phenoxy) is 1. The zero-order chi connectivity index (χ0) is 31.7. The van der Waals surface area contributed by atoms with Gasteiger partial charge in [0.25, 0.3) is 11.1 Å². The number of rotatable bonds is 4. The van der Waals surface area contributed by atoms with E-state index in [0.29, 0.717) is 0 Å². The monoisotopic (exact) mass is 602 g/mol. The van der Waals surface area contributed by atoms with Crippen molar-refractivity contribution in [2.24, 2.45) is 0 Å². The van der Waals surface area contributed by atoms with E-state index >= 15 is 8.78 Å². The Labute approximate surface area is 245 Å². The number of aromatic carboxylic acids is 1. The van der Waals surface area contributed by atoms with Gasteiger partial charge in [-0.1, -0.05) is 0 Å². The largest absolute Gasteiger partial charge is 0.477 e. The van der Waals surface area contributed by atoms with Crippen molar-refractivity contribution in [1.82, 2.24) is 19.1 Å². The Balaban J connectivity index is 1.64. The number of carbonyl (C=O) groups is 2. The normalized spacial score (nSPS) is 12.0. The summed E-state index contributed by atoms with van der Waals surface area (Å²) in [5.74, 6) is -3.07. The van der Waals surface area contributed by atoms with Crippen molar-refractivity contribution >= 4 is 44.8 Å². The Kier molecular flexibility index (Phi) is 6.49. The maximum atomic E-state index is 15.6. The number of carbonyl (C=O) groups excluding carboxylic acids is 1. The fourth-order valence-electron chi connectivity index (χ4n) is 5.35. The highest BCUT2D eigenvalue weighted by atomic mass is 19.1. The number of aromatic amines is 1. The molecule has 2 N–H and O–H groups in total. The lowest BCUT2D eigenvalue weighted by atomic mass is 10.0. The molecule has 4 heterocycles. The molecule has 0 saturated heterocycles. The summed E-state index contributed by atoms with van der Waals surface area (Å²) in [6.07, 6.45) is 1.63.